The molecule has 1 heteroatoms. The second-order valence-electron chi connectivity index (χ2n) is 5.49. The Kier molecular flexibility index (Phi) is 3.74. The Bertz CT molecular complexity index is 707. The van der Waals surface area contributed by atoms with Crippen molar-refractivity contribution in [2.24, 2.45) is 0 Å². The molecule has 3 rings (SSSR count). The van der Waals surface area contributed by atoms with E-state index in [0.29, 0.717) is 0 Å². The van der Waals surface area contributed by atoms with Crippen LogP contribution in [0.2, 0.25) is 0 Å². The summed E-state index contributed by atoms with van der Waals surface area (Å²) in [7, 11) is 0. The smallest absolute Gasteiger partial charge is 0.0322 e. The molecule has 0 bridgehead atoms. The number of nitrogen functional groups attached to an aromatic ring is 1. The summed E-state index contributed by atoms with van der Waals surface area (Å²) in [6.07, 6.45) is 0.969. The van der Waals surface area contributed by atoms with E-state index in [1.165, 1.54) is 27.8 Å². The van der Waals surface area contributed by atoms with E-state index in [2.05, 4.69) is 67.6 Å². The molecule has 0 aliphatic heterocycles. The highest BCUT2D eigenvalue weighted by molar-refractivity contribution is 5.68. The summed E-state index contributed by atoms with van der Waals surface area (Å²) >= 11 is 0. The summed E-state index contributed by atoms with van der Waals surface area (Å²) in [5.74, 6) is 0. The minimum atomic E-state index is 0.818. The number of hydrogen-bond acceptors (Lipinski definition) is 1. The third kappa shape index (κ3) is 3.32. The fraction of sp³-hybridized carbons (Fsp3) is 0.100. The molecular weight excluding hydrogens is 254 g/mol. The van der Waals surface area contributed by atoms with E-state index in [-0.39, 0.29) is 0 Å². The van der Waals surface area contributed by atoms with E-state index < -0.39 is 0 Å². The first-order valence-electron chi connectivity index (χ1n) is 7.21. The van der Waals surface area contributed by atoms with Gasteiger partial charge in [-0.1, -0.05) is 60.7 Å². The van der Waals surface area contributed by atoms with Crippen molar-refractivity contribution in [3.8, 4) is 11.1 Å². The van der Waals surface area contributed by atoms with Crippen LogP contribution in [0.4, 0.5) is 5.69 Å². The van der Waals surface area contributed by atoms with Crippen LogP contribution >= 0.6 is 0 Å². The van der Waals surface area contributed by atoms with Crippen LogP contribution in [0, 0.1) is 6.92 Å². The zero-order valence-electron chi connectivity index (χ0n) is 12.2. The first-order valence-corrected chi connectivity index (χ1v) is 7.21. The highest BCUT2D eigenvalue weighted by Gasteiger charge is 2.01. The number of aryl methyl sites for hydroxylation is 1. The molecule has 0 unspecified atom stereocenters. The van der Waals surface area contributed by atoms with Crippen molar-refractivity contribution in [3.63, 3.8) is 0 Å². The number of nitrogens with two attached hydrogens (primary N) is 1. The molecule has 21 heavy (non-hydrogen) atoms. The van der Waals surface area contributed by atoms with Gasteiger partial charge in [-0.15, -0.1) is 0 Å². The van der Waals surface area contributed by atoms with Gasteiger partial charge in [0.1, 0.15) is 0 Å². The third-order valence-electron chi connectivity index (χ3n) is 3.64. The van der Waals surface area contributed by atoms with Gasteiger partial charge in [-0.05, 0) is 53.3 Å². The molecule has 0 amide bonds. The first kappa shape index (κ1) is 13.4. The molecule has 0 spiro atoms. The van der Waals surface area contributed by atoms with E-state index in [1.807, 2.05) is 12.1 Å². The van der Waals surface area contributed by atoms with Gasteiger partial charge in [-0.3, -0.25) is 0 Å². The largest absolute Gasteiger partial charge is 0.399 e. The van der Waals surface area contributed by atoms with Crippen molar-refractivity contribution in [2.45, 2.75) is 13.3 Å². The lowest BCUT2D eigenvalue weighted by molar-refractivity contribution is 1.19. The topological polar surface area (TPSA) is 26.0 Å². The Labute approximate surface area is 126 Å². The maximum atomic E-state index is 5.93. The predicted molar refractivity (Wildman–Crippen MR) is 90.3 cm³/mol. The molecule has 0 heterocycles. The summed E-state index contributed by atoms with van der Waals surface area (Å²) in [4.78, 5) is 0. The highest BCUT2D eigenvalue weighted by Crippen LogP contribution is 2.24. The van der Waals surface area contributed by atoms with Crippen molar-refractivity contribution >= 4 is 5.69 Å². The van der Waals surface area contributed by atoms with Crippen LogP contribution in [0.3, 0.4) is 0 Å². The zero-order valence-corrected chi connectivity index (χ0v) is 12.2. The highest BCUT2D eigenvalue weighted by atomic mass is 14.5. The number of rotatable bonds is 3. The maximum Gasteiger partial charge on any atom is 0.0322 e. The van der Waals surface area contributed by atoms with Crippen LogP contribution in [0.25, 0.3) is 11.1 Å². The van der Waals surface area contributed by atoms with Gasteiger partial charge in [0.25, 0.3) is 0 Å². The van der Waals surface area contributed by atoms with Crippen molar-refractivity contribution in [1.82, 2.24) is 0 Å². The van der Waals surface area contributed by atoms with Crippen LogP contribution in [0.15, 0.2) is 72.8 Å². The number of hydrogen-bond donors (Lipinski definition) is 1. The summed E-state index contributed by atoms with van der Waals surface area (Å²) < 4.78 is 0. The molecule has 3 aromatic rings. The molecule has 0 radical (unpaired) electrons. The lowest BCUT2D eigenvalue weighted by Gasteiger charge is -2.07. The summed E-state index contributed by atoms with van der Waals surface area (Å²) in [5, 5.41) is 0. The molecule has 2 N–H and O–H groups in total. The van der Waals surface area contributed by atoms with E-state index >= 15 is 0 Å². The molecule has 0 atom stereocenters. The van der Waals surface area contributed by atoms with Crippen molar-refractivity contribution in [1.29, 1.82) is 0 Å². The third-order valence-corrected chi connectivity index (χ3v) is 3.64. The lowest BCUT2D eigenvalue weighted by atomic mass is 9.99. The molecule has 0 fully saturated rings. The monoisotopic (exact) mass is 273 g/mol. The Morgan fingerprint density at radius 3 is 2.05 bits per heavy atom. The van der Waals surface area contributed by atoms with Gasteiger partial charge in [-0.2, -0.15) is 0 Å². The zero-order chi connectivity index (χ0) is 14.7. The summed E-state index contributed by atoms with van der Waals surface area (Å²) in [6, 6.07) is 25.5. The fourth-order valence-electron chi connectivity index (χ4n) is 2.63. The lowest BCUT2D eigenvalue weighted by Crippen LogP contribution is -1.90. The summed E-state index contributed by atoms with van der Waals surface area (Å²) in [5.41, 5.74) is 13.0. The maximum absolute atomic E-state index is 5.93. The molecule has 3 aromatic carbocycles. The predicted octanol–water partition coefficient (Wildman–Crippen LogP) is 4.84. The molecule has 0 aliphatic rings. The second kappa shape index (κ2) is 5.84. The minimum absolute atomic E-state index is 0.818. The Hall–Kier alpha value is -2.54. The van der Waals surface area contributed by atoms with Crippen molar-refractivity contribution < 1.29 is 0 Å². The Morgan fingerprint density at radius 1 is 0.714 bits per heavy atom. The standard InChI is InChI=1S/C20H19N/c1-15-11-19(14-20(21)12-15)18-9-7-17(8-10-18)13-16-5-3-2-4-6-16/h2-12,14H,13,21H2,1H3. The number of benzene rings is 3. The van der Waals surface area contributed by atoms with Gasteiger partial charge < -0.3 is 5.73 Å². The fourth-order valence-corrected chi connectivity index (χ4v) is 2.63. The molecule has 0 aromatic heterocycles. The van der Waals surface area contributed by atoms with Gasteiger partial charge in [0.05, 0.1) is 0 Å². The van der Waals surface area contributed by atoms with Crippen LogP contribution in [0.5, 0.6) is 0 Å². The van der Waals surface area contributed by atoms with E-state index in [1.54, 1.807) is 0 Å². The van der Waals surface area contributed by atoms with Gasteiger partial charge in [0, 0.05) is 5.69 Å². The minimum Gasteiger partial charge on any atom is -0.399 e. The van der Waals surface area contributed by atoms with Crippen molar-refractivity contribution in [3.05, 3.63) is 89.5 Å². The van der Waals surface area contributed by atoms with Crippen LogP contribution in [0.1, 0.15) is 16.7 Å². The molecular formula is C20H19N. The summed E-state index contributed by atoms with van der Waals surface area (Å²) in [6.45, 7) is 2.07. The quantitative estimate of drug-likeness (QED) is 0.679. The van der Waals surface area contributed by atoms with Crippen LogP contribution in [-0.4, -0.2) is 0 Å². The first-order chi connectivity index (χ1) is 10.2. The van der Waals surface area contributed by atoms with Gasteiger partial charge >= 0.3 is 0 Å². The second-order valence-corrected chi connectivity index (χ2v) is 5.49. The van der Waals surface area contributed by atoms with E-state index in [9.17, 15) is 0 Å². The normalized spacial score (nSPS) is 10.5. The van der Waals surface area contributed by atoms with E-state index in [4.69, 9.17) is 5.73 Å². The molecule has 0 saturated carbocycles. The Morgan fingerprint density at radius 2 is 1.38 bits per heavy atom. The van der Waals surface area contributed by atoms with Gasteiger partial charge in [0.2, 0.25) is 0 Å². The van der Waals surface area contributed by atoms with E-state index in [0.717, 1.165) is 12.1 Å². The molecule has 1 nitrogen and oxygen atoms in total. The average molecular weight is 273 g/mol. The molecule has 0 saturated heterocycles. The van der Waals surface area contributed by atoms with Crippen LogP contribution in [-0.2, 0) is 6.42 Å². The van der Waals surface area contributed by atoms with Gasteiger partial charge in [0.15, 0.2) is 0 Å². The van der Waals surface area contributed by atoms with Crippen molar-refractivity contribution in [2.75, 3.05) is 5.73 Å². The average Bonchev–Trinajstić information content (AvgIpc) is 2.48. The van der Waals surface area contributed by atoms with Gasteiger partial charge in [-0.25, -0.2) is 0 Å². The Balaban J connectivity index is 1.84. The number of anilines is 1. The molecule has 0 aliphatic carbocycles. The molecule has 104 valence electrons. The SMILES string of the molecule is Cc1cc(N)cc(-c2ccc(Cc3ccccc3)cc2)c1. The van der Waals surface area contributed by atoms with Crippen LogP contribution < -0.4 is 5.73 Å².